The predicted molar refractivity (Wildman–Crippen MR) is 503 cm³/mol. The number of unbranched alkanes of at least 4 members (excludes halogenated alkanes) is 1. The number of ether oxygens (including phenoxy) is 2. The summed E-state index contributed by atoms with van der Waals surface area (Å²) in [5, 5.41) is 116. The molecule has 8 rings (SSSR count). The maximum atomic E-state index is 15.3. The van der Waals surface area contributed by atoms with Crippen LogP contribution in [0.1, 0.15) is 149 Å². The zero-order valence-electron chi connectivity index (χ0n) is 78.7. The van der Waals surface area contributed by atoms with Crippen LogP contribution in [-0.4, -0.2) is 312 Å². The average Bonchev–Trinajstić information content (AvgIpc) is 1.70. The quantitative estimate of drug-likeness (QED) is 0.0108. The van der Waals surface area contributed by atoms with Crippen molar-refractivity contribution >= 4 is 156 Å². The molecule has 52 heteroatoms. The van der Waals surface area contributed by atoms with E-state index >= 15 is 19.2 Å². The number of aliphatic carboxylic acids is 5. The monoisotopic (exact) mass is 2010 g/mol. The molecule has 50 nitrogen and oxygen atoms in total. The highest BCUT2D eigenvalue weighted by Gasteiger charge is 2.43. The first-order valence-corrected chi connectivity index (χ1v) is 48.3. The number of hydrogen-bond donors (Lipinski definition) is 25. The fourth-order valence-electron chi connectivity index (χ4n) is 14.9. The lowest BCUT2D eigenvalue weighted by Crippen LogP contribution is -2.61. The molecular weight excluding hydrogens is 1890 g/mol. The van der Waals surface area contributed by atoms with E-state index in [-0.39, 0.29) is 95.1 Å². The van der Waals surface area contributed by atoms with E-state index in [0.29, 0.717) is 45.0 Å². The molecule has 0 radical (unpaired) electrons. The van der Waals surface area contributed by atoms with E-state index in [1.165, 1.54) is 30.3 Å². The number of fused-ring (bicyclic) bond motifs is 2. The van der Waals surface area contributed by atoms with Crippen molar-refractivity contribution in [3.8, 4) is 0 Å². The molecule has 770 valence electrons. The van der Waals surface area contributed by atoms with Gasteiger partial charge in [-0.05, 0) is 106 Å². The predicted octanol–water partition coefficient (Wildman–Crippen LogP) is -2.38. The third-order valence-corrected chi connectivity index (χ3v) is 25.0. The van der Waals surface area contributed by atoms with Crippen LogP contribution in [0.25, 0.3) is 21.8 Å². The number of aromatic amines is 3. The van der Waals surface area contributed by atoms with Gasteiger partial charge in [0.25, 0.3) is 0 Å². The van der Waals surface area contributed by atoms with Gasteiger partial charge in [-0.3, -0.25) is 76.6 Å². The zero-order chi connectivity index (χ0) is 103. The highest BCUT2D eigenvalue weighted by Crippen LogP contribution is 2.29. The number of urea groups is 1. The van der Waals surface area contributed by atoms with Crippen LogP contribution in [0.15, 0.2) is 79.6 Å². The average molecular weight is 2010 g/mol. The normalized spacial score (nSPS) is 22.2. The fourth-order valence-corrected chi connectivity index (χ4v) is 17.2. The van der Waals surface area contributed by atoms with Gasteiger partial charge in [-0.2, -0.15) is 0 Å². The van der Waals surface area contributed by atoms with Crippen LogP contribution in [0.5, 0.6) is 0 Å². The van der Waals surface area contributed by atoms with Crippen molar-refractivity contribution in [3.63, 3.8) is 0 Å². The largest absolute Gasteiger partial charge is 0.481 e. The Morgan fingerprint density at radius 3 is 1.67 bits per heavy atom. The number of carbonyl (C=O) groups is 19. The molecule has 0 spiro atoms. The summed E-state index contributed by atoms with van der Waals surface area (Å²) in [6, 6.07) is -8.77. The van der Waals surface area contributed by atoms with Crippen LogP contribution >= 0.6 is 21.6 Å². The Bertz CT molecular complexity index is 5360. The number of H-pyrrole nitrogens is 3. The third-order valence-electron chi connectivity index (χ3n) is 22.6. The van der Waals surface area contributed by atoms with Crippen LogP contribution in [0.3, 0.4) is 0 Å². The molecule has 0 saturated carbocycles. The molecule has 2 fully saturated rings. The zero-order valence-corrected chi connectivity index (χ0v) is 80.3. The van der Waals surface area contributed by atoms with Gasteiger partial charge in [-0.25, -0.2) is 24.2 Å². The first kappa shape index (κ1) is 112. The Labute approximate surface area is 815 Å². The summed E-state index contributed by atoms with van der Waals surface area (Å²) < 4.78 is 12.4. The van der Waals surface area contributed by atoms with Gasteiger partial charge in [0, 0.05) is 104 Å². The summed E-state index contributed by atoms with van der Waals surface area (Å²) in [6.45, 7) is 10.7. The Morgan fingerprint density at radius 1 is 0.567 bits per heavy atom. The number of nitrogens with zero attached hydrogens (tertiary/aromatic N) is 4. The van der Waals surface area contributed by atoms with Gasteiger partial charge >= 0.3 is 35.9 Å². The number of aliphatic hydroxyl groups is 2. The number of benzene rings is 2. The SMILES string of the molecule is CC(C)C[C@@H]1NC(=O)[C@H](Cc2c[nH]cn2)NC(=O)[C@H](Cc2c[nH]c3ccccc23)NC(=O)[C@H](C)NC(=O)[C@@H](NC(=O)[C@@H](CNC(=O)CCOCc2cn(CCCC[C@H](NC(=O)N[C@@H](CCC(=O)O)C(=O)O)C(=O)O)nn2)CC2OC2O)CSSC[C@@H](C(=O)N[C@H](C(=O)O)[C@@H](C)O)NC(=O)[C@H](Cc2c[nH]c3ccccc23)NC(=O)[C@H](C(C)C)NC(=O)[C@H](CC(C)C)NC(=O)[C@H](CCC(=O)O)NC(=O)CNC1=O. The smallest absolute Gasteiger partial charge is 0.328 e. The number of para-hydroxylation sites is 2. The second kappa shape index (κ2) is 55.2. The summed E-state index contributed by atoms with van der Waals surface area (Å²) in [4.78, 5) is 277. The van der Waals surface area contributed by atoms with E-state index in [9.17, 15) is 103 Å². The molecule has 25 N–H and O–H groups in total. The number of aryl methyl sites for hydroxylation is 1. The summed E-state index contributed by atoms with van der Waals surface area (Å²) in [7, 11) is 1.53. The molecule has 141 heavy (non-hydrogen) atoms. The summed E-state index contributed by atoms with van der Waals surface area (Å²) >= 11 is 0. The molecular formula is C89H124N22O28S2. The van der Waals surface area contributed by atoms with E-state index in [1.54, 1.807) is 102 Å². The van der Waals surface area contributed by atoms with E-state index in [0.717, 1.165) is 28.5 Å². The minimum absolute atomic E-state index is 0.0837. The number of aliphatic hydroxyl groups excluding tert-OH is 2. The van der Waals surface area contributed by atoms with Gasteiger partial charge in [-0.1, -0.05) is 105 Å². The number of epoxide rings is 1. The maximum absolute atomic E-state index is 15.3. The molecule has 2 aliphatic rings. The molecule has 17 atom stereocenters. The number of hydrogen-bond acceptors (Lipinski definition) is 28. The molecule has 2 aromatic carbocycles. The molecule has 15 amide bonds. The molecule has 2 aliphatic heterocycles. The van der Waals surface area contributed by atoms with Crippen molar-refractivity contribution in [2.45, 2.75) is 255 Å². The van der Waals surface area contributed by atoms with Crippen molar-refractivity contribution < 1.29 is 136 Å². The summed E-state index contributed by atoms with van der Waals surface area (Å²) in [5.41, 5.74) is 2.63. The second-order valence-electron chi connectivity index (χ2n) is 35.3. The lowest BCUT2D eigenvalue weighted by Gasteiger charge is -2.29. The number of rotatable bonds is 41. The summed E-state index contributed by atoms with van der Waals surface area (Å²) in [6.07, 6.45) is -0.375. The topological polar surface area (TPSA) is 759 Å². The number of amides is 15. The number of aromatic nitrogens is 7. The van der Waals surface area contributed by atoms with Crippen LogP contribution in [0, 0.1) is 23.7 Å². The minimum Gasteiger partial charge on any atom is -0.481 e. The van der Waals surface area contributed by atoms with E-state index in [1.807, 2.05) is 0 Å². The first-order chi connectivity index (χ1) is 66.9. The molecule has 0 aliphatic carbocycles. The standard InChI is InChI=1S/C89H124N22O28S2/c1-43(2)27-60-76(121)94-37-69(114)97-57(20-22-70(115)116)77(122)100-61(28-44(3)4)81(126)107-72(45(5)6)84(129)102-63(30-49-34-92-56-18-12-10-16-54(49)56)79(124)104-66(83(128)108-73(47(8)112)87(134)135)41-141-140-40-65(82(127)96-46(7)74(119)98-62(29-48-33-91-55-17-11-9-15-53(48)55)78(123)101-64(80(125)99-60)32-51-36-90-42-95-51)103-75(120)50(31-67-88(136)139-67)35-93-68(113)24-26-138-39-52-38-111(110-109-52)25-14-13-19-58(85(130)131)105-89(137)106-59(86(132)133)21-23-71(117)118/h9-12,15-18,33-34,36,38,42-47,50,57-67,72-73,88,91-92,112,136H,13-14,19-32,35,37,39-41H2,1-8H3,(H,90,95)(H,93,113)(H,94,121)(H,96,127)(H,97,114)(H,98,119)(H,99,125)(H,100,122)(H,101,123)(H,102,129)(H,103,120)(H,104,124)(H,107,126)(H,108,128)(H,115,116)(H,117,118)(H,130,131)(H,132,133)(H,134,135)(H2,105,106,137)/t46-,47+,50+,57-,58-,59-,60-,61-,62-,63-,64-,65-,66-,67?,72-,73-,88?/m0/s1. The minimum atomic E-state index is -2.01. The molecule has 4 aromatic heterocycles. The van der Waals surface area contributed by atoms with Gasteiger partial charge in [0.1, 0.15) is 84.3 Å². The van der Waals surface area contributed by atoms with Crippen LogP contribution in [0.2, 0.25) is 0 Å². The highest BCUT2D eigenvalue weighted by atomic mass is 33.1. The van der Waals surface area contributed by atoms with Crippen LogP contribution in [0.4, 0.5) is 4.79 Å². The van der Waals surface area contributed by atoms with Crippen LogP contribution < -0.4 is 79.8 Å². The molecule has 6 aromatic rings. The van der Waals surface area contributed by atoms with Gasteiger partial charge in [-0.15, -0.1) is 5.10 Å². The lowest BCUT2D eigenvalue weighted by atomic mass is 9.98. The Hall–Kier alpha value is -13.9. The van der Waals surface area contributed by atoms with Crippen molar-refractivity contribution in [2.24, 2.45) is 23.7 Å². The lowest BCUT2D eigenvalue weighted by molar-refractivity contribution is -0.145. The number of nitrogens with one attached hydrogen (secondary N) is 18. The van der Waals surface area contributed by atoms with Crippen molar-refractivity contribution in [3.05, 3.63) is 102 Å². The van der Waals surface area contributed by atoms with Gasteiger partial charge in [0.15, 0.2) is 12.3 Å². The van der Waals surface area contributed by atoms with Crippen molar-refractivity contribution in [1.82, 2.24) is 115 Å². The molecule has 2 saturated heterocycles. The Kier molecular flexibility index (Phi) is 44.0. The Balaban J connectivity index is 1.10. The number of carbonyl (C=O) groups excluding carboxylic acids is 14. The summed E-state index contributed by atoms with van der Waals surface area (Å²) in [5.74, 6) is -24.3. The molecule has 2 unspecified atom stereocenters. The molecule has 0 bridgehead atoms. The Morgan fingerprint density at radius 2 is 1.11 bits per heavy atom. The van der Waals surface area contributed by atoms with E-state index in [4.69, 9.17) is 14.6 Å². The van der Waals surface area contributed by atoms with Crippen molar-refractivity contribution in [2.75, 3.05) is 31.2 Å². The highest BCUT2D eigenvalue weighted by molar-refractivity contribution is 8.76. The van der Waals surface area contributed by atoms with Crippen LogP contribution in [-0.2, 0) is 128 Å². The van der Waals surface area contributed by atoms with Gasteiger partial charge in [0.2, 0.25) is 76.8 Å². The van der Waals surface area contributed by atoms with Gasteiger partial charge < -0.3 is 140 Å². The number of carboxylic acids is 5. The number of imidazole rings is 1. The van der Waals surface area contributed by atoms with Crippen molar-refractivity contribution in [1.29, 1.82) is 0 Å². The third kappa shape index (κ3) is 37.0. The maximum Gasteiger partial charge on any atom is 0.328 e. The van der Waals surface area contributed by atoms with E-state index in [2.05, 4.69) is 110 Å². The van der Waals surface area contributed by atoms with Gasteiger partial charge in [0.05, 0.1) is 50.0 Å². The number of carboxylic acid groups (broad SMARTS) is 5. The second-order valence-corrected chi connectivity index (χ2v) is 37.9. The molecule has 6 heterocycles. The van der Waals surface area contributed by atoms with E-state index < -0.39 is 272 Å². The first-order valence-electron chi connectivity index (χ1n) is 45.8. The fraction of sp³-hybridized carbons (Fsp3) is 0.551.